The minimum absolute atomic E-state index is 0.0712. The lowest BCUT2D eigenvalue weighted by Gasteiger charge is -2.21. The van der Waals surface area contributed by atoms with Crippen LogP contribution in [0.4, 0.5) is 0 Å². The second kappa shape index (κ2) is 10.7. The van der Waals surface area contributed by atoms with Crippen LogP contribution in [0.2, 0.25) is 0 Å². The average Bonchev–Trinajstić information content (AvgIpc) is 3.25. The third kappa shape index (κ3) is 6.10. The van der Waals surface area contributed by atoms with Crippen LogP contribution >= 0.6 is 11.3 Å². The van der Waals surface area contributed by atoms with Crippen molar-refractivity contribution >= 4 is 17.2 Å². The third-order valence-corrected chi connectivity index (χ3v) is 5.36. The number of ether oxygens (including phenoxy) is 1. The minimum Gasteiger partial charge on any atom is -0.492 e. The summed E-state index contributed by atoms with van der Waals surface area (Å²) in [5, 5.41) is 18.1. The molecule has 2 heterocycles. The first-order chi connectivity index (χ1) is 14.2. The number of nitrogens with zero attached hydrogens (tertiary/aromatic N) is 2. The molecule has 8 heteroatoms. The molecule has 0 saturated carbocycles. The highest BCUT2D eigenvalue weighted by atomic mass is 32.1. The minimum atomic E-state index is -0.532. The topological polar surface area (TPSA) is 94.9 Å². The number of amides is 1. The zero-order valence-corrected chi connectivity index (χ0v) is 16.6. The van der Waals surface area contributed by atoms with Crippen molar-refractivity contribution in [1.29, 1.82) is 0 Å². The van der Waals surface area contributed by atoms with Crippen LogP contribution in [-0.2, 0) is 6.54 Å². The molecule has 3 N–H and O–H groups in total. The molecule has 0 bridgehead atoms. The Morgan fingerprint density at radius 1 is 1.10 bits per heavy atom. The summed E-state index contributed by atoms with van der Waals surface area (Å²) in [4.78, 5) is 19.3. The molecule has 7 nitrogen and oxygen atoms in total. The van der Waals surface area contributed by atoms with Crippen LogP contribution in [0.15, 0.2) is 60.8 Å². The van der Waals surface area contributed by atoms with Crippen molar-refractivity contribution in [2.75, 3.05) is 26.3 Å². The Bertz CT molecular complexity index is 900. The van der Waals surface area contributed by atoms with Crippen molar-refractivity contribution in [2.45, 2.75) is 6.54 Å². The van der Waals surface area contributed by atoms with Gasteiger partial charge in [0, 0.05) is 25.8 Å². The van der Waals surface area contributed by atoms with Gasteiger partial charge >= 0.3 is 0 Å². The number of aliphatic hydroxyl groups is 1. The summed E-state index contributed by atoms with van der Waals surface area (Å²) >= 11 is 1.26. The second-order valence-electron chi connectivity index (χ2n) is 6.32. The number of para-hydroxylation sites is 1. The average molecular weight is 413 g/mol. The van der Waals surface area contributed by atoms with E-state index in [4.69, 9.17) is 9.94 Å². The fraction of sp³-hybridized carbons (Fsp3) is 0.238. The van der Waals surface area contributed by atoms with E-state index in [1.165, 1.54) is 11.3 Å². The van der Waals surface area contributed by atoms with E-state index >= 15 is 0 Å². The van der Waals surface area contributed by atoms with Gasteiger partial charge in [-0.15, -0.1) is 11.3 Å². The second-order valence-corrected chi connectivity index (χ2v) is 7.40. The van der Waals surface area contributed by atoms with Crippen LogP contribution in [0.5, 0.6) is 5.75 Å². The molecule has 0 aliphatic rings. The number of thiophene rings is 1. The largest absolute Gasteiger partial charge is 0.492 e. The predicted octanol–water partition coefficient (Wildman–Crippen LogP) is 2.80. The Kier molecular flexibility index (Phi) is 7.71. The molecular formula is C21H23N3O4S. The Balaban J connectivity index is 1.57. The van der Waals surface area contributed by atoms with Gasteiger partial charge in [0.05, 0.1) is 22.1 Å². The number of aromatic nitrogens is 1. The normalized spacial score (nSPS) is 10.9. The molecule has 3 rings (SSSR count). The van der Waals surface area contributed by atoms with Crippen molar-refractivity contribution in [3.8, 4) is 16.3 Å². The summed E-state index contributed by atoms with van der Waals surface area (Å²) in [6.45, 7) is 2.48. The molecule has 1 aromatic carbocycles. The predicted molar refractivity (Wildman–Crippen MR) is 111 cm³/mol. The molecule has 3 aromatic rings. The number of carbonyl (C=O) groups excluding carboxylic acids is 1. The molecule has 0 saturated heterocycles. The molecule has 1 amide bonds. The number of hydroxylamine groups is 1. The fourth-order valence-corrected chi connectivity index (χ4v) is 3.67. The van der Waals surface area contributed by atoms with E-state index < -0.39 is 5.91 Å². The summed E-state index contributed by atoms with van der Waals surface area (Å²) in [5.74, 6) is 0.294. The highest BCUT2D eigenvalue weighted by molar-refractivity contribution is 7.17. The van der Waals surface area contributed by atoms with Crippen LogP contribution in [0.25, 0.3) is 10.6 Å². The SMILES string of the molecule is O=C(NO)c1ccc(-c2ccc(CN(CCO)CCOc3ccccc3)cn2)s1. The third-order valence-electron chi connectivity index (χ3n) is 4.25. The van der Waals surface area contributed by atoms with Crippen LogP contribution in [0, 0.1) is 0 Å². The maximum absolute atomic E-state index is 11.5. The van der Waals surface area contributed by atoms with E-state index in [2.05, 4.69) is 9.88 Å². The van der Waals surface area contributed by atoms with Gasteiger partial charge in [-0.3, -0.25) is 19.9 Å². The van der Waals surface area contributed by atoms with Gasteiger partial charge in [-0.2, -0.15) is 0 Å². The Morgan fingerprint density at radius 2 is 1.93 bits per heavy atom. The van der Waals surface area contributed by atoms with E-state index in [0.29, 0.717) is 31.1 Å². The lowest BCUT2D eigenvalue weighted by molar-refractivity contribution is 0.0711. The number of benzene rings is 1. The molecule has 2 aromatic heterocycles. The van der Waals surface area contributed by atoms with Gasteiger partial charge in [0.15, 0.2) is 0 Å². The Hall–Kier alpha value is -2.78. The Morgan fingerprint density at radius 3 is 2.62 bits per heavy atom. The van der Waals surface area contributed by atoms with Crippen molar-refractivity contribution < 1.29 is 19.8 Å². The fourth-order valence-electron chi connectivity index (χ4n) is 2.80. The number of hydrogen-bond acceptors (Lipinski definition) is 7. The van der Waals surface area contributed by atoms with Crippen molar-refractivity contribution in [3.05, 3.63) is 71.2 Å². The Labute approximate surface area is 173 Å². The molecule has 0 spiro atoms. The van der Waals surface area contributed by atoms with Crippen LogP contribution < -0.4 is 10.2 Å². The first-order valence-electron chi connectivity index (χ1n) is 9.20. The zero-order chi connectivity index (χ0) is 20.5. The van der Waals surface area contributed by atoms with Crippen LogP contribution in [0.1, 0.15) is 15.2 Å². The summed E-state index contributed by atoms with van der Waals surface area (Å²) in [6, 6.07) is 17.0. The van der Waals surface area contributed by atoms with Crippen LogP contribution in [-0.4, -0.2) is 52.4 Å². The molecule has 0 unspecified atom stereocenters. The van der Waals surface area contributed by atoms with Gasteiger partial charge in [-0.1, -0.05) is 24.3 Å². The van der Waals surface area contributed by atoms with Crippen molar-refractivity contribution in [3.63, 3.8) is 0 Å². The molecule has 29 heavy (non-hydrogen) atoms. The lowest BCUT2D eigenvalue weighted by atomic mass is 10.2. The van der Waals surface area contributed by atoms with Gasteiger partial charge in [0.2, 0.25) is 0 Å². The molecular weight excluding hydrogens is 390 g/mol. The zero-order valence-electron chi connectivity index (χ0n) is 15.8. The van der Waals surface area contributed by atoms with Gasteiger partial charge in [0.1, 0.15) is 12.4 Å². The maximum Gasteiger partial charge on any atom is 0.284 e. The molecule has 0 aliphatic carbocycles. The van der Waals surface area contributed by atoms with E-state index in [1.807, 2.05) is 42.5 Å². The number of hydrogen-bond donors (Lipinski definition) is 3. The molecule has 0 atom stereocenters. The number of carbonyl (C=O) groups is 1. The number of rotatable bonds is 10. The highest BCUT2D eigenvalue weighted by Gasteiger charge is 2.11. The number of nitrogens with one attached hydrogen (secondary N) is 1. The molecule has 0 radical (unpaired) electrons. The van der Waals surface area contributed by atoms with Gasteiger partial charge in [-0.25, -0.2) is 5.48 Å². The summed E-state index contributed by atoms with van der Waals surface area (Å²) in [5.41, 5.74) is 3.41. The molecule has 0 fully saturated rings. The molecule has 0 aliphatic heterocycles. The van der Waals surface area contributed by atoms with Gasteiger partial charge in [-0.05, 0) is 35.9 Å². The van der Waals surface area contributed by atoms with E-state index in [0.717, 1.165) is 21.9 Å². The standard InChI is InChI=1S/C21H23N3O4S/c25-12-10-24(11-13-28-17-4-2-1-3-5-17)15-16-6-7-18(22-14-16)19-8-9-20(29-19)21(26)23-27/h1-9,14,25,27H,10-13,15H2,(H,23,26). The maximum atomic E-state index is 11.5. The lowest BCUT2D eigenvalue weighted by Crippen LogP contribution is -2.30. The summed E-state index contributed by atoms with van der Waals surface area (Å²) in [7, 11) is 0. The quantitative estimate of drug-likeness (QED) is 0.350. The number of pyridine rings is 1. The first-order valence-corrected chi connectivity index (χ1v) is 10.0. The summed E-state index contributed by atoms with van der Waals surface area (Å²) in [6.07, 6.45) is 1.79. The van der Waals surface area contributed by atoms with Crippen molar-refractivity contribution in [1.82, 2.24) is 15.4 Å². The van der Waals surface area contributed by atoms with Gasteiger partial charge in [0.25, 0.3) is 5.91 Å². The smallest absolute Gasteiger partial charge is 0.284 e. The van der Waals surface area contributed by atoms with E-state index in [1.54, 1.807) is 23.8 Å². The van der Waals surface area contributed by atoms with Crippen molar-refractivity contribution in [2.24, 2.45) is 0 Å². The highest BCUT2D eigenvalue weighted by Crippen LogP contribution is 2.26. The number of aliphatic hydroxyl groups excluding tert-OH is 1. The molecule has 152 valence electrons. The monoisotopic (exact) mass is 413 g/mol. The van der Waals surface area contributed by atoms with E-state index in [-0.39, 0.29) is 6.61 Å². The first kappa shape index (κ1) is 20.9. The van der Waals surface area contributed by atoms with E-state index in [9.17, 15) is 9.90 Å². The summed E-state index contributed by atoms with van der Waals surface area (Å²) < 4.78 is 5.74. The van der Waals surface area contributed by atoms with Gasteiger partial charge < -0.3 is 9.84 Å². The van der Waals surface area contributed by atoms with Crippen LogP contribution in [0.3, 0.4) is 0 Å².